The summed E-state index contributed by atoms with van der Waals surface area (Å²) in [5, 5.41) is 14.4. The molecule has 0 fully saturated rings. The van der Waals surface area contributed by atoms with Crippen LogP contribution in [-0.4, -0.2) is 31.4 Å². The molecule has 9 heteroatoms. The molecule has 0 aliphatic heterocycles. The van der Waals surface area contributed by atoms with Crippen LogP contribution < -0.4 is 20.6 Å². The summed E-state index contributed by atoms with van der Waals surface area (Å²) >= 11 is 0. The Hall–Kier alpha value is -2.84. The third kappa shape index (κ3) is 3.56. The first-order valence-corrected chi connectivity index (χ1v) is 4.98. The molecule has 0 aliphatic carbocycles. The molecular weight excluding hydrogens is 256 g/mol. The number of ether oxygens (including phenoxy) is 2. The van der Waals surface area contributed by atoms with E-state index in [0.717, 1.165) is 0 Å². The molecule has 19 heavy (non-hydrogen) atoms. The van der Waals surface area contributed by atoms with Crippen molar-refractivity contribution in [2.24, 2.45) is 10.8 Å². The van der Waals surface area contributed by atoms with Gasteiger partial charge in [0.05, 0.1) is 25.4 Å². The molecule has 0 heterocycles. The molecule has 0 radical (unpaired) electrons. The van der Waals surface area contributed by atoms with E-state index >= 15 is 0 Å². The molecule has 0 saturated carbocycles. The van der Waals surface area contributed by atoms with Crippen LogP contribution in [0.4, 0.5) is 10.5 Å². The second kappa shape index (κ2) is 6.19. The maximum atomic E-state index is 10.9. The summed E-state index contributed by atoms with van der Waals surface area (Å²) in [6, 6.07) is 1.86. The Bertz CT molecular complexity index is 529. The lowest BCUT2D eigenvalue weighted by atomic mass is 10.2. The monoisotopic (exact) mass is 268 g/mol. The summed E-state index contributed by atoms with van der Waals surface area (Å²) in [7, 11) is 2.65. The molecule has 0 atom stereocenters. The fourth-order valence-corrected chi connectivity index (χ4v) is 1.35. The third-order valence-electron chi connectivity index (χ3n) is 2.07. The van der Waals surface area contributed by atoms with Crippen LogP contribution >= 0.6 is 0 Å². The zero-order chi connectivity index (χ0) is 14.4. The van der Waals surface area contributed by atoms with Crippen LogP contribution in [0.3, 0.4) is 0 Å². The Kier molecular flexibility index (Phi) is 4.63. The van der Waals surface area contributed by atoms with Gasteiger partial charge < -0.3 is 15.2 Å². The molecule has 0 unspecified atom stereocenters. The molecule has 0 aromatic heterocycles. The van der Waals surface area contributed by atoms with Crippen molar-refractivity contribution < 1.29 is 19.2 Å². The summed E-state index contributed by atoms with van der Waals surface area (Å²) in [6.07, 6.45) is 1.19. The molecule has 9 nitrogen and oxygen atoms in total. The van der Waals surface area contributed by atoms with Crippen molar-refractivity contribution in [3.63, 3.8) is 0 Å². The van der Waals surface area contributed by atoms with E-state index in [2.05, 4.69) is 5.10 Å². The fourth-order valence-electron chi connectivity index (χ4n) is 1.35. The lowest BCUT2D eigenvalue weighted by Gasteiger charge is -2.08. The van der Waals surface area contributed by atoms with Gasteiger partial charge >= 0.3 is 11.7 Å². The molecule has 0 bridgehead atoms. The van der Waals surface area contributed by atoms with Crippen molar-refractivity contribution >= 4 is 17.9 Å². The van der Waals surface area contributed by atoms with Gasteiger partial charge in [0.15, 0.2) is 5.75 Å². The second-order valence-electron chi connectivity index (χ2n) is 3.27. The van der Waals surface area contributed by atoms with Crippen LogP contribution in [0, 0.1) is 10.1 Å². The maximum Gasteiger partial charge on any atom is 0.332 e. The van der Waals surface area contributed by atoms with E-state index in [1.807, 2.05) is 5.43 Å². The van der Waals surface area contributed by atoms with E-state index in [0.29, 0.717) is 5.56 Å². The average molecular weight is 268 g/mol. The van der Waals surface area contributed by atoms with E-state index < -0.39 is 11.0 Å². The zero-order valence-corrected chi connectivity index (χ0v) is 10.2. The molecule has 1 aromatic rings. The van der Waals surface area contributed by atoms with Crippen LogP contribution in [0.1, 0.15) is 5.56 Å². The number of methoxy groups -OCH3 is 2. The lowest BCUT2D eigenvalue weighted by molar-refractivity contribution is -0.385. The van der Waals surface area contributed by atoms with E-state index in [9.17, 15) is 14.9 Å². The number of urea groups is 1. The van der Waals surface area contributed by atoms with Gasteiger partial charge in [0.25, 0.3) is 0 Å². The van der Waals surface area contributed by atoms with Crippen molar-refractivity contribution in [1.82, 2.24) is 5.43 Å². The van der Waals surface area contributed by atoms with Gasteiger partial charge in [-0.25, -0.2) is 10.2 Å². The Morgan fingerprint density at radius 2 is 2.16 bits per heavy atom. The molecule has 102 valence electrons. The molecule has 1 aromatic carbocycles. The van der Waals surface area contributed by atoms with E-state index in [1.54, 1.807) is 0 Å². The first kappa shape index (κ1) is 14.2. The van der Waals surface area contributed by atoms with Gasteiger partial charge in [-0.05, 0) is 6.07 Å². The van der Waals surface area contributed by atoms with Gasteiger partial charge in [-0.2, -0.15) is 5.10 Å². The number of hydrazone groups is 1. The van der Waals surface area contributed by atoms with E-state index in [-0.39, 0.29) is 17.2 Å². The number of amides is 2. The summed E-state index contributed by atoms with van der Waals surface area (Å²) in [6.45, 7) is 0. The van der Waals surface area contributed by atoms with Crippen LogP contribution in [0.5, 0.6) is 11.5 Å². The normalized spacial score (nSPS) is 10.2. The SMILES string of the molecule is COc1cc(C=NNC(N)=O)cc([N+](=O)[O-])c1OC. The third-order valence-corrected chi connectivity index (χ3v) is 2.07. The van der Waals surface area contributed by atoms with Crippen molar-refractivity contribution in [2.75, 3.05) is 14.2 Å². The minimum Gasteiger partial charge on any atom is -0.493 e. The number of nitrogens with zero attached hydrogens (tertiary/aromatic N) is 2. The van der Waals surface area contributed by atoms with Crippen molar-refractivity contribution in [2.45, 2.75) is 0 Å². The van der Waals surface area contributed by atoms with Crippen LogP contribution in [0.2, 0.25) is 0 Å². The lowest BCUT2D eigenvalue weighted by Crippen LogP contribution is -2.24. The van der Waals surface area contributed by atoms with E-state index in [4.69, 9.17) is 15.2 Å². The number of hydrogen-bond donors (Lipinski definition) is 2. The van der Waals surface area contributed by atoms with Gasteiger partial charge in [0.1, 0.15) is 0 Å². The van der Waals surface area contributed by atoms with Crippen LogP contribution in [-0.2, 0) is 0 Å². The molecule has 3 N–H and O–H groups in total. The summed E-state index contributed by atoms with van der Waals surface area (Å²) in [5.41, 5.74) is 6.86. The van der Waals surface area contributed by atoms with Crippen molar-refractivity contribution in [1.29, 1.82) is 0 Å². The number of nitro groups is 1. The number of carbonyl (C=O) groups excluding carboxylic acids is 1. The molecule has 2 amide bonds. The van der Waals surface area contributed by atoms with Gasteiger partial charge in [-0.1, -0.05) is 0 Å². The fraction of sp³-hybridized carbons (Fsp3) is 0.200. The number of hydrogen-bond acceptors (Lipinski definition) is 6. The number of carbonyl (C=O) groups is 1. The topological polar surface area (TPSA) is 129 Å². The molecule has 0 aliphatic rings. The summed E-state index contributed by atoms with van der Waals surface area (Å²) < 4.78 is 9.92. The standard InChI is InChI=1S/C10H12N4O5/c1-18-8-4-6(5-12-13-10(11)15)3-7(14(16)17)9(8)19-2/h3-5H,1-2H3,(H3,11,13,15). The Morgan fingerprint density at radius 1 is 1.47 bits per heavy atom. The van der Waals surface area contributed by atoms with Crippen molar-refractivity contribution in [3.05, 3.63) is 27.8 Å². The molecule has 0 spiro atoms. The number of benzene rings is 1. The summed E-state index contributed by atoms with van der Waals surface area (Å²) in [4.78, 5) is 20.7. The molecular formula is C10H12N4O5. The largest absolute Gasteiger partial charge is 0.493 e. The quantitative estimate of drug-likeness (QED) is 0.459. The van der Waals surface area contributed by atoms with Gasteiger partial charge in [0.2, 0.25) is 5.75 Å². The van der Waals surface area contributed by atoms with Crippen LogP contribution in [0.15, 0.2) is 17.2 Å². The zero-order valence-electron chi connectivity index (χ0n) is 10.2. The smallest absolute Gasteiger partial charge is 0.332 e. The van der Waals surface area contributed by atoms with Crippen molar-refractivity contribution in [3.8, 4) is 11.5 Å². The average Bonchev–Trinajstić information content (AvgIpc) is 2.36. The maximum absolute atomic E-state index is 10.9. The first-order valence-electron chi connectivity index (χ1n) is 4.98. The van der Waals surface area contributed by atoms with E-state index in [1.165, 1.54) is 32.6 Å². The summed E-state index contributed by atoms with van der Waals surface area (Å²) in [5.74, 6) is 0.185. The Labute approximate surface area is 108 Å². The highest BCUT2D eigenvalue weighted by atomic mass is 16.6. The van der Waals surface area contributed by atoms with Gasteiger partial charge in [-0.3, -0.25) is 10.1 Å². The minimum atomic E-state index is -0.841. The number of nitrogens with one attached hydrogen (secondary N) is 1. The number of primary amides is 1. The number of nitrogens with two attached hydrogens (primary N) is 1. The number of nitro benzene ring substituents is 1. The second-order valence-corrected chi connectivity index (χ2v) is 3.27. The predicted molar refractivity (Wildman–Crippen MR) is 66.5 cm³/mol. The van der Waals surface area contributed by atoms with Gasteiger partial charge in [-0.15, -0.1) is 0 Å². The Balaban J connectivity index is 3.21. The minimum absolute atomic E-state index is 0.00695. The first-order chi connectivity index (χ1) is 8.99. The van der Waals surface area contributed by atoms with Crippen LogP contribution in [0.25, 0.3) is 0 Å². The van der Waals surface area contributed by atoms with Gasteiger partial charge in [0, 0.05) is 11.6 Å². The predicted octanol–water partition coefficient (Wildman–Crippen LogP) is 0.614. The highest BCUT2D eigenvalue weighted by molar-refractivity contribution is 5.84. The molecule has 0 saturated heterocycles. The highest BCUT2D eigenvalue weighted by Gasteiger charge is 2.20. The number of rotatable bonds is 5. The highest BCUT2D eigenvalue weighted by Crippen LogP contribution is 2.37. The Morgan fingerprint density at radius 3 is 2.63 bits per heavy atom. The molecule has 1 rings (SSSR count).